The highest BCUT2D eigenvalue weighted by atomic mass is 127. The Morgan fingerprint density at radius 3 is 2.64 bits per heavy atom. The number of hydrogen-bond donors (Lipinski definition) is 1. The molecule has 1 N–H and O–H groups in total. The molecule has 2 atom stereocenters. The molecule has 2 unspecified atom stereocenters. The molecule has 0 aromatic carbocycles. The molecule has 0 bridgehead atoms. The number of halogens is 1. The molecule has 0 spiro atoms. The van der Waals surface area contributed by atoms with Gasteiger partial charge in [0.25, 0.3) is 0 Å². The Balaban J connectivity index is 0.00000312. The third-order valence-corrected chi connectivity index (χ3v) is 4.14. The molecule has 1 aromatic heterocycles. The first-order chi connectivity index (χ1) is 11.3. The summed E-state index contributed by atoms with van der Waals surface area (Å²) < 4.78 is 10.2. The minimum Gasteiger partial charge on any atom is -0.469 e. The van der Waals surface area contributed by atoms with E-state index in [9.17, 15) is 4.79 Å². The largest absolute Gasteiger partial charge is 0.469 e. The monoisotopic (exact) mass is 465 g/mol. The average molecular weight is 465 g/mol. The van der Waals surface area contributed by atoms with Crippen LogP contribution < -0.4 is 5.32 Å². The third-order valence-electron chi connectivity index (χ3n) is 4.14. The maximum absolute atomic E-state index is 11.8. The van der Waals surface area contributed by atoms with Crippen LogP contribution in [0.2, 0.25) is 0 Å². The highest BCUT2D eigenvalue weighted by Crippen LogP contribution is 2.24. The molecule has 9 heteroatoms. The number of nitrogens with one attached hydrogen (secondary N) is 1. The summed E-state index contributed by atoms with van der Waals surface area (Å²) >= 11 is 0. The molecule has 2 heterocycles. The molecule has 1 aromatic rings. The predicted octanol–water partition coefficient (Wildman–Crippen LogP) is 1.80. The Labute approximate surface area is 165 Å². The van der Waals surface area contributed by atoms with E-state index in [1.54, 1.807) is 7.05 Å². The molecule has 2 rings (SSSR count). The summed E-state index contributed by atoms with van der Waals surface area (Å²) in [6, 6.07) is 0. The number of hydrogen-bond acceptors (Lipinski definition) is 6. The number of likely N-dealkylation sites (tertiary alicyclic amines) is 1. The Bertz CT molecular complexity index is 611. The number of aromatic nitrogens is 2. The van der Waals surface area contributed by atoms with Crippen LogP contribution in [0.3, 0.4) is 0 Å². The van der Waals surface area contributed by atoms with Crippen LogP contribution >= 0.6 is 24.0 Å². The van der Waals surface area contributed by atoms with Crippen molar-refractivity contribution in [2.45, 2.75) is 39.7 Å². The minimum atomic E-state index is -0.176. The Morgan fingerprint density at radius 2 is 2.12 bits per heavy atom. The quantitative estimate of drug-likeness (QED) is 0.315. The fourth-order valence-corrected chi connectivity index (χ4v) is 2.72. The summed E-state index contributed by atoms with van der Waals surface area (Å²) in [6.07, 6.45) is 0. The summed E-state index contributed by atoms with van der Waals surface area (Å²) in [4.78, 5) is 22.6. The number of carbonyl (C=O) groups is 1. The molecule has 1 aliphatic rings. The van der Waals surface area contributed by atoms with Gasteiger partial charge in [-0.25, -0.2) is 0 Å². The second kappa shape index (κ2) is 8.81. The van der Waals surface area contributed by atoms with Gasteiger partial charge >= 0.3 is 5.97 Å². The molecule has 142 valence electrons. The average Bonchev–Trinajstić information content (AvgIpc) is 3.14. The van der Waals surface area contributed by atoms with Crippen molar-refractivity contribution in [1.29, 1.82) is 0 Å². The summed E-state index contributed by atoms with van der Waals surface area (Å²) in [5.74, 6) is 1.82. The highest BCUT2D eigenvalue weighted by Gasteiger charge is 2.36. The number of carbonyl (C=O) groups excluding carboxylic acids is 1. The van der Waals surface area contributed by atoms with Crippen molar-refractivity contribution in [1.82, 2.24) is 20.4 Å². The third kappa shape index (κ3) is 5.29. The fraction of sp³-hybridized carbons (Fsp3) is 0.750. The molecule has 8 nitrogen and oxygen atoms in total. The van der Waals surface area contributed by atoms with Crippen molar-refractivity contribution in [3.8, 4) is 0 Å². The van der Waals surface area contributed by atoms with Crippen molar-refractivity contribution >= 4 is 35.9 Å². The van der Waals surface area contributed by atoms with E-state index in [0.717, 1.165) is 12.5 Å². The van der Waals surface area contributed by atoms with Crippen LogP contribution in [0.1, 0.15) is 39.4 Å². The van der Waals surface area contributed by atoms with Crippen molar-refractivity contribution in [3.63, 3.8) is 0 Å². The molecular weight excluding hydrogens is 437 g/mol. The van der Waals surface area contributed by atoms with Gasteiger partial charge in [0.15, 0.2) is 11.8 Å². The molecule has 25 heavy (non-hydrogen) atoms. The van der Waals surface area contributed by atoms with E-state index in [1.165, 1.54) is 7.11 Å². The maximum atomic E-state index is 11.8. The van der Waals surface area contributed by atoms with Crippen molar-refractivity contribution in [2.24, 2.45) is 16.8 Å². The molecule has 0 saturated carbocycles. The zero-order valence-corrected chi connectivity index (χ0v) is 18.0. The van der Waals surface area contributed by atoms with Crippen LogP contribution in [0.5, 0.6) is 0 Å². The molecule has 1 fully saturated rings. The van der Waals surface area contributed by atoms with Gasteiger partial charge in [0, 0.05) is 25.6 Å². The summed E-state index contributed by atoms with van der Waals surface area (Å²) in [5, 5.41) is 7.22. The number of nitrogens with zero attached hydrogens (tertiary/aromatic N) is 4. The van der Waals surface area contributed by atoms with E-state index in [-0.39, 0.29) is 47.2 Å². The second-order valence-corrected chi connectivity index (χ2v) is 7.18. The number of methoxy groups -OCH3 is 1. The predicted molar refractivity (Wildman–Crippen MR) is 105 cm³/mol. The van der Waals surface area contributed by atoms with Gasteiger partial charge in [-0.2, -0.15) is 4.98 Å². The second-order valence-electron chi connectivity index (χ2n) is 7.18. The van der Waals surface area contributed by atoms with Crippen LogP contribution in [0.4, 0.5) is 0 Å². The zero-order valence-electron chi connectivity index (χ0n) is 15.7. The number of guanidine groups is 1. The fourth-order valence-electron chi connectivity index (χ4n) is 2.72. The lowest BCUT2D eigenvalue weighted by molar-refractivity contribution is -0.145. The van der Waals surface area contributed by atoms with Crippen LogP contribution in [-0.2, 0) is 21.5 Å². The van der Waals surface area contributed by atoms with Gasteiger partial charge in [-0.1, -0.05) is 32.9 Å². The molecular formula is C16H28IN5O3. The van der Waals surface area contributed by atoms with E-state index < -0.39 is 0 Å². The van der Waals surface area contributed by atoms with E-state index in [0.29, 0.717) is 24.8 Å². The van der Waals surface area contributed by atoms with E-state index in [2.05, 4.69) is 25.3 Å². The summed E-state index contributed by atoms with van der Waals surface area (Å²) in [5.41, 5.74) is -0.176. The smallest absolute Gasteiger partial charge is 0.310 e. The van der Waals surface area contributed by atoms with Crippen molar-refractivity contribution in [3.05, 3.63) is 11.7 Å². The molecule has 0 amide bonds. The molecule has 1 saturated heterocycles. The first-order valence-corrected chi connectivity index (χ1v) is 8.12. The van der Waals surface area contributed by atoms with Gasteiger partial charge in [-0.05, 0) is 5.92 Å². The van der Waals surface area contributed by atoms with E-state index in [4.69, 9.17) is 9.26 Å². The number of esters is 1. The van der Waals surface area contributed by atoms with Crippen LogP contribution in [0.25, 0.3) is 0 Å². The lowest BCUT2D eigenvalue weighted by Crippen LogP contribution is -2.40. The normalized spacial score (nSPS) is 21.0. The Hall–Kier alpha value is -1.39. The van der Waals surface area contributed by atoms with Crippen molar-refractivity contribution in [2.75, 3.05) is 27.2 Å². The first kappa shape index (κ1) is 21.7. The van der Waals surface area contributed by atoms with Gasteiger partial charge in [0.2, 0.25) is 5.89 Å². The van der Waals surface area contributed by atoms with E-state index in [1.807, 2.05) is 27.7 Å². The Kier molecular flexibility index (Phi) is 7.63. The van der Waals surface area contributed by atoms with Crippen LogP contribution in [0.15, 0.2) is 9.52 Å². The number of ether oxygens (including phenoxy) is 1. The van der Waals surface area contributed by atoms with Crippen LogP contribution in [0, 0.1) is 11.8 Å². The molecule has 0 radical (unpaired) electrons. The summed E-state index contributed by atoms with van der Waals surface area (Å²) in [7, 11) is 3.14. The molecule has 1 aliphatic heterocycles. The first-order valence-electron chi connectivity index (χ1n) is 8.12. The van der Waals surface area contributed by atoms with E-state index >= 15 is 0 Å². The highest BCUT2D eigenvalue weighted by molar-refractivity contribution is 14.0. The lowest BCUT2D eigenvalue weighted by Gasteiger charge is -2.20. The zero-order chi connectivity index (χ0) is 17.9. The van der Waals surface area contributed by atoms with Gasteiger partial charge in [0.1, 0.15) is 0 Å². The van der Waals surface area contributed by atoms with Gasteiger partial charge in [-0.15, -0.1) is 24.0 Å². The SMILES string of the molecule is CN=C(NCc1noc(C(C)(C)C)n1)N1CC(C)C(C(=O)OC)C1.I. The Morgan fingerprint density at radius 1 is 1.44 bits per heavy atom. The number of aliphatic imine (C=N–C) groups is 1. The lowest BCUT2D eigenvalue weighted by atomic mass is 9.97. The van der Waals surface area contributed by atoms with Crippen LogP contribution in [-0.4, -0.2) is 54.2 Å². The van der Waals surface area contributed by atoms with Crippen molar-refractivity contribution < 1.29 is 14.1 Å². The van der Waals surface area contributed by atoms with Gasteiger partial charge in [-0.3, -0.25) is 9.79 Å². The standard InChI is InChI=1S/C16H27N5O3.HI/c1-10-8-21(9-11(10)13(22)23-6)15(17-5)18-7-12-19-14(24-20-12)16(2,3)4;/h10-11H,7-9H2,1-6H3,(H,17,18);1H. The minimum absolute atomic E-state index is 0. The van der Waals surface area contributed by atoms with Gasteiger partial charge in [0.05, 0.1) is 19.6 Å². The summed E-state index contributed by atoms with van der Waals surface area (Å²) in [6.45, 7) is 9.87. The maximum Gasteiger partial charge on any atom is 0.310 e. The molecule has 0 aliphatic carbocycles. The van der Waals surface area contributed by atoms with Gasteiger partial charge < -0.3 is 19.5 Å². The topological polar surface area (TPSA) is 92.9 Å². The number of rotatable bonds is 3.